The second kappa shape index (κ2) is 22.2. The molecule has 0 radical (unpaired) electrons. The molecule has 0 saturated carbocycles. The first-order valence-corrected chi connectivity index (χ1v) is 34.4. The van der Waals surface area contributed by atoms with E-state index in [0.29, 0.717) is 0 Å². The van der Waals surface area contributed by atoms with Crippen molar-refractivity contribution >= 4 is 145 Å². The fourth-order valence-corrected chi connectivity index (χ4v) is 16.8. The van der Waals surface area contributed by atoms with Crippen LogP contribution < -0.4 is 9.80 Å². The molecule has 17 aromatic carbocycles. The lowest BCUT2D eigenvalue weighted by atomic mass is 9.81. The summed E-state index contributed by atoms with van der Waals surface area (Å²) in [5.74, 6) is 0. The van der Waals surface area contributed by atoms with Crippen LogP contribution in [0, 0.1) is 0 Å². The van der Waals surface area contributed by atoms with Gasteiger partial charge in [0.15, 0.2) is 0 Å². The molecule has 0 bridgehead atoms. The van der Waals surface area contributed by atoms with Crippen LogP contribution in [0.1, 0.15) is 72.2 Å². The Labute approximate surface area is 571 Å². The van der Waals surface area contributed by atoms with Crippen LogP contribution in [0.4, 0.5) is 34.1 Å². The van der Waals surface area contributed by atoms with Gasteiger partial charge in [-0.15, -0.1) is 0 Å². The molecule has 0 N–H and O–H groups in total. The number of hydrogen-bond donors (Lipinski definition) is 0. The molecule has 0 saturated heterocycles. The molecule has 0 heterocycles. The molecule has 0 spiro atoms. The van der Waals surface area contributed by atoms with Gasteiger partial charge in [0, 0.05) is 43.7 Å². The van der Waals surface area contributed by atoms with Crippen LogP contribution in [0.25, 0.3) is 133 Å². The predicted octanol–water partition coefficient (Wildman–Crippen LogP) is 26.8. The molecule has 0 aromatic heterocycles. The van der Waals surface area contributed by atoms with Gasteiger partial charge in [-0.25, -0.2) is 0 Å². The van der Waals surface area contributed by atoms with E-state index in [-0.39, 0.29) is 10.8 Å². The smallest absolute Gasteiger partial charge is 0.0546 e. The molecule has 0 aliphatic heterocycles. The molecule has 2 heteroatoms. The Morgan fingerprint density at radius 2 is 0.429 bits per heavy atom. The highest BCUT2D eigenvalue weighted by molar-refractivity contribution is 6.21. The number of rotatable bonds is 10. The largest absolute Gasteiger partial charge is 0.309 e. The highest BCUT2D eigenvalue weighted by Crippen LogP contribution is 2.55. The molecule has 0 amide bonds. The fourth-order valence-electron chi connectivity index (χ4n) is 16.8. The van der Waals surface area contributed by atoms with Crippen molar-refractivity contribution in [2.24, 2.45) is 0 Å². The molecule has 2 aliphatic rings. The van der Waals surface area contributed by atoms with Gasteiger partial charge in [0.1, 0.15) is 0 Å². The second-order valence-electron chi connectivity index (χ2n) is 28.0. The van der Waals surface area contributed by atoms with Gasteiger partial charge in [-0.3, -0.25) is 0 Å². The van der Waals surface area contributed by atoms with Gasteiger partial charge in [0.25, 0.3) is 0 Å². The summed E-state index contributed by atoms with van der Waals surface area (Å²) in [6.45, 7) is 9.60. The average molecular weight is 1250 g/mol. The minimum atomic E-state index is -0.255. The number of anilines is 6. The van der Waals surface area contributed by atoms with Crippen molar-refractivity contribution < 1.29 is 0 Å². The van der Waals surface area contributed by atoms with Gasteiger partial charge in [0.2, 0.25) is 0 Å². The minimum absolute atomic E-state index is 0.255. The van der Waals surface area contributed by atoms with E-state index in [0.717, 1.165) is 45.3 Å². The third-order valence-corrected chi connectivity index (χ3v) is 21.7. The van der Waals surface area contributed by atoms with Crippen molar-refractivity contribution in [2.75, 3.05) is 9.80 Å². The fraction of sp³-hybridized carbons (Fsp3) is 0.0625. The van der Waals surface area contributed by atoms with E-state index in [1.165, 1.54) is 142 Å². The van der Waals surface area contributed by atoms with Gasteiger partial charge in [-0.2, -0.15) is 0 Å². The van der Waals surface area contributed by atoms with E-state index in [9.17, 15) is 0 Å². The van der Waals surface area contributed by atoms with Crippen molar-refractivity contribution in [3.05, 3.63) is 360 Å². The van der Waals surface area contributed by atoms with Gasteiger partial charge in [-0.05, 0) is 180 Å². The van der Waals surface area contributed by atoms with Crippen molar-refractivity contribution in [1.29, 1.82) is 0 Å². The zero-order valence-electron chi connectivity index (χ0n) is 55.2. The Morgan fingerprint density at radius 3 is 0.724 bits per heavy atom. The Bertz CT molecular complexity index is 5640. The van der Waals surface area contributed by atoms with E-state index >= 15 is 0 Å². The minimum Gasteiger partial charge on any atom is -0.309 e. The zero-order chi connectivity index (χ0) is 65.4. The molecule has 17 aromatic rings. The topological polar surface area (TPSA) is 6.48 Å². The SMILES string of the molecule is CC1(C)c2cc(/C=C/c3ccc(/C=C/c4ccc5c(c4)C(C)(C)c4cc(N(c6cc7ccccc7c7ccccc67)c6cc7ccccc7c7ccccc67)ccc4-5)cc3)ccc2-c2ccc(N(c3cc4ccccc4c4ccccc34)c3cc4ccccc4c4ccccc34)cc21. The summed E-state index contributed by atoms with van der Waals surface area (Å²) in [5, 5.41) is 19.8. The molecule has 462 valence electrons. The van der Waals surface area contributed by atoms with Crippen LogP contribution in [-0.2, 0) is 10.8 Å². The quantitative estimate of drug-likeness (QED) is 0.0995. The first-order valence-electron chi connectivity index (χ1n) is 34.4. The van der Waals surface area contributed by atoms with E-state index in [1.807, 2.05) is 0 Å². The summed E-state index contributed by atoms with van der Waals surface area (Å²) in [6, 6.07) is 118. The van der Waals surface area contributed by atoms with Gasteiger partial charge >= 0.3 is 0 Å². The van der Waals surface area contributed by atoms with E-state index in [2.05, 4.69) is 377 Å². The molecule has 0 fully saturated rings. The summed E-state index contributed by atoms with van der Waals surface area (Å²) in [7, 11) is 0. The number of benzene rings is 17. The third kappa shape index (κ3) is 9.09. The first-order chi connectivity index (χ1) is 48.1. The monoisotopic (exact) mass is 1250 g/mol. The Balaban J connectivity index is 0.608. The zero-order valence-corrected chi connectivity index (χ0v) is 55.2. The highest BCUT2D eigenvalue weighted by atomic mass is 15.2. The maximum Gasteiger partial charge on any atom is 0.0546 e. The van der Waals surface area contributed by atoms with E-state index in [1.54, 1.807) is 0 Å². The Kier molecular flexibility index (Phi) is 13.0. The number of nitrogens with zero attached hydrogens (tertiary/aromatic N) is 2. The van der Waals surface area contributed by atoms with Crippen LogP contribution in [0.2, 0.25) is 0 Å². The molecule has 0 atom stereocenters. The first kappa shape index (κ1) is 57.4. The molecule has 98 heavy (non-hydrogen) atoms. The van der Waals surface area contributed by atoms with Crippen LogP contribution in [-0.4, -0.2) is 0 Å². The summed E-state index contributed by atoms with van der Waals surface area (Å²) < 4.78 is 0. The van der Waals surface area contributed by atoms with Crippen molar-refractivity contribution in [1.82, 2.24) is 0 Å². The maximum atomic E-state index is 2.54. The molecule has 19 rings (SSSR count). The number of hydrogen-bond acceptors (Lipinski definition) is 2. The summed E-state index contributed by atoms with van der Waals surface area (Å²) >= 11 is 0. The van der Waals surface area contributed by atoms with Crippen LogP contribution in [0.5, 0.6) is 0 Å². The second-order valence-corrected chi connectivity index (χ2v) is 28.0. The molecule has 2 aliphatic carbocycles. The highest BCUT2D eigenvalue weighted by Gasteiger charge is 2.38. The molecular weight excluding hydrogens is 1180 g/mol. The summed E-state index contributed by atoms with van der Waals surface area (Å²) in [5.41, 5.74) is 21.7. The third-order valence-electron chi connectivity index (χ3n) is 21.7. The van der Waals surface area contributed by atoms with E-state index in [4.69, 9.17) is 0 Å². The lowest BCUT2D eigenvalue weighted by Crippen LogP contribution is -2.17. The molecule has 0 unspecified atom stereocenters. The summed E-state index contributed by atoms with van der Waals surface area (Å²) in [6.07, 6.45) is 9.05. The standard InChI is InChI=1S/C96H68N2/c1-95(2)87-53-63(45-49-79(87)81-51-47-69(59-89(81)95)97(91-55-65-21-5-9-25-71(65)75-29-13-17-33-83(75)91)92-56-66-22-6-10-26-72(66)76-30-14-18-34-84(76)92)43-41-61-37-39-62(40-38-61)42-44-64-46-50-80-82-52-48-70(60-90(82)96(3,4)88(80)54-64)98(93-57-67-23-7-11-27-73(67)77-31-15-19-35-85(77)93)94-58-68-24-8-12-28-74(68)78-32-16-20-36-86(78)94/h5-60H,1-4H3/b43-41+,44-42+. The van der Waals surface area contributed by atoms with Gasteiger partial charge < -0.3 is 9.80 Å². The lowest BCUT2D eigenvalue weighted by Gasteiger charge is -2.31. The average Bonchev–Trinajstić information content (AvgIpc) is 1.37. The van der Waals surface area contributed by atoms with Crippen LogP contribution in [0.3, 0.4) is 0 Å². The van der Waals surface area contributed by atoms with Crippen LogP contribution >= 0.6 is 0 Å². The van der Waals surface area contributed by atoms with Gasteiger partial charge in [-0.1, -0.05) is 319 Å². The van der Waals surface area contributed by atoms with Gasteiger partial charge in [0.05, 0.1) is 22.7 Å². The Hall–Kier alpha value is -12.1. The Morgan fingerprint density at radius 1 is 0.204 bits per heavy atom. The normalized spacial score (nSPS) is 13.6. The molecular formula is C96H68N2. The van der Waals surface area contributed by atoms with Crippen molar-refractivity contribution in [3.63, 3.8) is 0 Å². The van der Waals surface area contributed by atoms with E-state index < -0.39 is 0 Å². The summed E-state index contributed by atoms with van der Waals surface area (Å²) in [4.78, 5) is 5.08. The van der Waals surface area contributed by atoms with Crippen LogP contribution in [0.15, 0.2) is 315 Å². The van der Waals surface area contributed by atoms with Crippen molar-refractivity contribution in [2.45, 2.75) is 38.5 Å². The lowest BCUT2D eigenvalue weighted by molar-refractivity contribution is 0.660. The number of fused-ring (bicyclic) bond motifs is 18. The molecule has 2 nitrogen and oxygen atoms in total. The van der Waals surface area contributed by atoms with Crippen molar-refractivity contribution in [3.8, 4) is 22.3 Å². The maximum absolute atomic E-state index is 2.54. The predicted molar refractivity (Wildman–Crippen MR) is 422 cm³/mol.